The maximum absolute atomic E-state index is 3.65. The maximum atomic E-state index is 3.65. The fraction of sp³-hybridized carbons (Fsp3) is 1.00. The van der Waals surface area contributed by atoms with Crippen molar-refractivity contribution >= 4 is 0 Å². The van der Waals surface area contributed by atoms with Crippen LogP contribution in [0, 0.1) is 11.3 Å². The fourth-order valence-electron chi connectivity index (χ4n) is 2.99. The van der Waals surface area contributed by atoms with Gasteiger partial charge in [0, 0.05) is 6.54 Å². The van der Waals surface area contributed by atoms with E-state index in [2.05, 4.69) is 26.1 Å². The highest BCUT2D eigenvalue weighted by atomic mass is 14.9. The molecule has 1 fully saturated rings. The summed E-state index contributed by atoms with van der Waals surface area (Å²) in [6.45, 7) is 9.46. The Balaban J connectivity index is 2.39. The van der Waals surface area contributed by atoms with Crippen molar-refractivity contribution in [1.82, 2.24) is 5.32 Å². The van der Waals surface area contributed by atoms with Crippen LogP contribution < -0.4 is 5.32 Å². The van der Waals surface area contributed by atoms with Gasteiger partial charge in [0.05, 0.1) is 0 Å². The van der Waals surface area contributed by atoms with Crippen LogP contribution in [0.3, 0.4) is 0 Å². The highest BCUT2D eigenvalue weighted by molar-refractivity contribution is 4.87. The molecule has 1 N–H and O–H groups in total. The molecule has 1 atom stereocenters. The second kappa shape index (κ2) is 6.52. The van der Waals surface area contributed by atoms with E-state index in [4.69, 9.17) is 0 Å². The summed E-state index contributed by atoms with van der Waals surface area (Å²) in [5.41, 5.74) is 0.657. The number of hydrogen-bond acceptors (Lipinski definition) is 1. The van der Waals surface area contributed by atoms with Gasteiger partial charge in [-0.2, -0.15) is 0 Å². The van der Waals surface area contributed by atoms with Gasteiger partial charge in [-0.3, -0.25) is 0 Å². The van der Waals surface area contributed by atoms with Gasteiger partial charge in [0.2, 0.25) is 0 Å². The van der Waals surface area contributed by atoms with Gasteiger partial charge in [0.25, 0.3) is 0 Å². The second-order valence-electron chi connectivity index (χ2n) is 5.60. The molecule has 1 saturated carbocycles. The molecule has 0 aromatic carbocycles. The van der Waals surface area contributed by atoms with Gasteiger partial charge in [-0.15, -0.1) is 0 Å². The number of rotatable bonds is 7. The van der Waals surface area contributed by atoms with Crippen molar-refractivity contribution in [2.45, 2.75) is 65.7 Å². The summed E-state index contributed by atoms with van der Waals surface area (Å²) in [7, 11) is 0. The van der Waals surface area contributed by atoms with Crippen molar-refractivity contribution in [2.24, 2.45) is 11.3 Å². The molecule has 1 heteroatoms. The highest BCUT2D eigenvalue weighted by Gasteiger charge is 2.34. The third kappa shape index (κ3) is 4.14. The number of hydrogen-bond donors (Lipinski definition) is 1. The van der Waals surface area contributed by atoms with Gasteiger partial charge >= 0.3 is 0 Å². The lowest BCUT2D eigenvalue weighted by atomic mass is 9.77. The smallest absolute Gasteiger partial charge is 0.000790 e. The van der Waals surface area contributed by atoms with E-state index in [9.17, 15) is 0 Å². The van der Waals surface area contributed by atoms with Crippen LogP contribution in [-0.4, -0.2) is 13.1 Å². The van der Waals surface area contributed by atoms with E-state index in [-0.39, 0.29) is 0 Å². The third-order valence-corrected chi connectivity index (χ3v) is 4.07. The molecule has 0 aromatic heterocycles. The van der Waals surface area contributed by atoms with Crippen molar-refractivity contribution < 1.29 is 0 Å². The van der Waals surface area contributed by atoms with Crippen LogP contribution in [0.5, 0.6) is 0 Å². The van der Waals surface area contributed by atoms with Crippen LogP contribution in [-0.2, 0) is 0 Å². The molecule has 1 aliphatic carbocycles. The largest absolute Gasteiger partial charge is 0.316 e. The first kappa shape index (κ1) is 13.0. The van der Waals surface area contributed by atoms with E-state index in [1.807, 2.05) is 0 Å². The lowest BCUT2D eigenvalue weighted by Crippen LogP contribution is -2.34. The molecule has 1 unspecified atom stereocenters. The highest BCUT2D eigenvalue weighted by Crippen LogP contribution is 2.43. The molecule has 15 heavy (non-hydrogen) atoms. The molecule has 0 bridgehead atoms. The zero-order valence-corrected chi connectivity index (χ0v) is 10.9. The summed E-state index contributed by atoms with van der Waals surface area (Å²) in [6, 6.07) is 0. The average molecular weight is 211 g/mol. The van der Waals surface area contributed by atoms with Crippen molar-refractivity contribution in [3.63, 3.8) is 0 Å². The number of nitrogens with one attached hydrogen (secondary N) is 1. The molecule has 0 amide bonds. The van der Waals surface area contributed by atoms with Crippen molar-refractivity contribution in [3.8, 4) is 0 Å². The van der Waals surface area contributed by atoms with E-state index in [0.717, 1.165) is 5.92 Å². The Morgan fingerprint density at radius 2 is 1.87 bits per heavy atom. The van der Waals surface area contributed by atoms with Gasteiger partial charge in [-0.05, 0) is 43.6 Å². The van der Waals surface area contributed by atoms with Crippen LogP contribution in [0.25, 0.3) is 0 Å². The van der Waals surface area contributed by atoms with Crippen molar-refractivity contribution in [2.75, 3.05) is 13.1 Å². The van der Waals surface area contributed by atoms with Gasteiger partial charge < -0.3 is 5.32 Å². The average Bonchev–Trinajstić information content (AvgIpc) is 2.67. The van der Waals surface area contributed by atoms with Crippen LogP contribution in [0.4, 0.5) is 0 Å². The Hall–Kier alpha value is -0.0400. The molecular formula is C14H29N. The first-order valence-corrected chi connectivity index (χ1v) is 6.93. The summed E-state index contributed by atoms with van der Waals surface area (Å²) in [5, 5.41) is 3.65. The van der Waals surface area contributed by atoms with Crippen LogP contribution in [0.15, 0.2) is 0 Å². The zero-order chi connectivity index (χ0) is 11.1. The minimum Gasteiger partial charge on any atom is -0.316 e. The van der Waals surface area contributed by atoms with Gasteiger partial charge in [0.15, 0.2) is 0 Å². The van der Waals surface area contributed by atoms with Crippen LogP contribution >= 0.6 is 0 Å². The maximum Gasteiger partial charge on any atom is 0.000790 e. The van der Waals surface area contributed by atoms with Crippen molar-refractivity contribution in [1.29, 1.82) is 0 Å². The third-order valence-electron chi connectivity index (χ3n) is 4.07. The minimum atomic E-state index is 0.657. The van der Waals surface area contributed by atoms with Gasteiger partial charge in [-0.25, -0.2) is 0 Å². The first-order chi connectivity index (χ1) is 7.22. The molecule has 0 spiro atoms. The quantitative estimate of drug-likeness (QED) is 0.628. The summed E-state index contributed by atoms with van der Waals surface area (Å²) in [4.78, 5) is 0. The van der Waals surface area contributed by atoms with E-state index < -0.39 is 0 Å². The molecule has 0 radical (unpaired) electrons. The molecule has 1 aliphatic rings. The molecular weight excluding hydrogens is 182 g/mol. The molecule has 1 rings (SSSR count). The topological polar surface area (TPSA) is 12.0 Å². The molecule has 0 aromatic rings. The van der Waals surface area contributed by atoms with Crippen LogP contribution in [0.2, 0.25) is 0 Å². The summed E-state index contributed by atoms with van der Waals surface area (Å²) in [5.74, 6) is 0.909. The Kier molecular flexibility index (Phi) is 5.66. The minimum absolute atomic E-state index is 0.657. The van der Waals surface area contributed by atoms with Crippen LogP contribution in [0.1, 0.15) is 65.7 Å². The second-order valence-corrected chi connectivity index (χ2v) is 5.60. The Morgan fingerprint density at radius 3 is 2.40 bits per heavy atom. The standard InChI is InChI=1S/C14H29N/c1-4-10-15-12-14(8-6-7-9-14)11-13(3)5-2/h13,15H,4-12H2,1-3H3. The molecule has 0 saturated heterocycles. The van der Waals surface area contributed by atoms with E-state index in [0.29, 0.717) is 5.41 Å². The molecule has 90 valence electrons. The Bertz CT molecular complexity index is 159. The molecule has 0 aliphatic heterocycles. The summed E-state index contributed by atoms with van der Waals surface area (Å²) < 4.78 is 0. The summed E-state index contributed by atoms with van der Waals surface area (Å²) >= 11 is 0. The van der Waals surface area contributed by atoms with Crippen molar-refractivity contribution in [3.05, 3.63) is 0 Å². The zero-order valence-electron chi connectivity index (χ0n) is 10.9. The molecule has 1 nitrogen and oxygen atoms in total. The normalized spacial score (nSPS) is 21.8. The Morgan fingerprint density at radius 1 is 1.20 bits per heavy atom. The predicted molar refractivity (Wildman–Crippen MR) is 68.1 cm³/mol. The fourth-order valence-corrected chi connectivity index (χ4v) is 2.99. The van der Waals surface area contributed by atoms with E-state index in [1.54, 1.807) is 0 Å². The summed E-state index contributed by atoms with van der Waals surface area (Å²) in [6.07, 6.45) is 9.91. The lowest BCUT2D eigenvalue weighted by Gasteiger charge is -2.32. The van der Waals surface area contributed by atoms with E-state index in [1.165, 1.54) is 58.0 Å². The van der Waals surface area contributed by atoms with Gasteiger partial charge in [-0.1, -0.05) is 40.0 Å². The van der Waals surface area contributed by atoms with E-state index >= 15 is 0 Å². The first-order valence-electron chi connectivity index (χ1n) is 6.93. The molecule has 0 heterocycles. The Labute approximate surface area is 96.0 Å². The lowest BCUT2D eigenvalue weighted by molar-refractivity contribution is 0.215. The van der Waals surface area contributed by atoms with Gasteiger partial charge in [0.1, 0.15) is 0 Å². The SMILES string of the molecule is CCCNCC1(CC(C)CC)CCCC1. The monoisotopic (exact) mass is 211 g/mol. The predicted octanol–water partition coefficient (Wildman–Crippen LogP) is 3.98.